The lowest BCUT2D eigenvalue weighted by Gasteiger charge is -2.11. The van der Waals surface area contributed by atoms with E-state index in [0.29, 0.717) is 15.2 Å². The van der Waals surface area contributed by atoms with Gasteiger partial charge in [0.2, 0.25) is 5.91 Å². The number of benzene rings is 1. The third-order valence-corrected chi connectivity index (χ3v) is 6.00. The van der Waals surface area contributed by atoms with Gasteiger partial charge in [0.1, 0.15) is 18.0 Å². The minimum atomic E-state index is -0.660. The molecule has 1 aliphatic heterocycles. The van der Waals surface area contributed by atoms with Gasteiger partial charge < -0.3 is 15.1 Å². The molecule has 0 bridgehead atoms. The molecule has 0 radical (unpaired) electrons. The lowest BCUT2D eigenvalue weighted by Crippen LogP contribution is -2.38. The van der Waals surface area contributed by atoms with Gasteiger partial charge in [0.15, 0.2) is 3.77 Å². The highest BCUT2D eigenvalue weighted by Gasteiger charge is 2.35. The minimum absolute atomic E-state index is 0.0455. The van der Waals surface area contributed by atoms with Crippen LogP contribution in [0.3, 0.4) is 0 Å². The van der Waals surface area contributed by atoms with Crippen molar-refractivity contribution in [3.8, 4) is 0 Å². The Morgan fingerprint density at radius 2 is 1.96 bits per heavy atom. The zero-order valence-corrected chi connectivity index (χ0v) is 18.2. The fourth-order valence-corrected chi connectivity index (χ4v) is 3.15. The summed E-state index contributed by atoms with van der Waals surface area (Å²) in [5.74, 6) is -0.665. The molecule has 1 aromatic carbocycles. The molecule has 1 aliphatic rings. The third-order valence-electron chi connectivity index (χ3n) is 3.34. The Bertz CT molecular complexity index is 905. The van der Waals surface area contributed by atoms with Gasteiger partial charge in [-0.15, -0.1) is 0 Å². The van der Waals surface area contributed by atoms with Crippen LogP contribution in [0.5, 0.6) is 0 Å². The molecule has 0 spiro atoms. The average Bonchev–Trinajstić information content (AvgIpc) is 3.03. The van der Waals surface area contributed by atoms with Crippen LogP contribution in [0.1, 0.15) is 5.76 Å². The predicted octanol–water partition coefficient (Wildman–Crippen LogP) is 3.94. The van der Waals surface area contributed by atoms with E-state index in [1.807, 2.05) is 22.6 Å². The number of halogens is 3. The van der Waals surface area contributed by atoms with Crippen LogP contribution in [-0.4, -0.2) is 29.3 Å². The smallest absolute Gasteiger partial charge is 0.329 e. The molecule has 2 aromatic rings. The molecule has 7 nitrogen and oxygen atoms in total. The number of furan rings is 1. The van der Waals surface area contributed by atoms with Crippen LogP contribution in [0.25, 0.3) is 6.08 Å². The Labute approximate surface area is 178 Å². The second-order valence-corrected chi connectivity index (χ2v) is 7.95. The van der Waals surface area contributed by atoms with Crippen molar-refractivity contribution >= 4 is 84.1 Å². The number of rotatable bonds is 4. The molecule has 1 saturated heterocycles. The van der Waals surface area contributed by atoms with Crippen molar-refractivity contribution in [1.29, 1.82) is 0 Å². The molecule has 134 valence electrons. The standard InChI is InChI=1S/C16H10Br2IN3O4/c17-8-1-3-9(4-2-8)20-13(23)7-22-15(24)12(21-16(22)25)6-10-5-11(18)14(19)26-10/h1-6H,7H2,(H,20,23)(H,21,25)/b12-6-. The van der Waals surface area contributed by atoms with Crippen LogP contribution >= 0.6 is 54.5 Å². The summed E-state index contributed by atoms with van der Waals surface area (Å²) in [6, 6.07) is 7.97. The molecular formula is C16H10Br2IN3O4. The molecule has 2 N–H and O–H groups in total. The molecule has 2 heterocycles. The normalized spacial score (nSPS) is 15.5. The van der Waals surface area contributed by atoms with E-state index >= 15 is 0 Å². The van der Waals surface area contributed by atoms with E-state index in [-0.39, 0.29) is 5.70 Å². The van der Waals surface area contributed by atoms with Gasteiger partial charge in [-0.2, -0.15) is 0 Å². The van der Waals surface area contributed by atoms with E-state index in [0.717, 1.165) is 13.8 Å². The maximum atomic E-state index is 12.4. The van der Waals surface area contributed by atoms with Crippen LogP contribution in [0.15, 0.2) is 49.4 Å². The maximum Gasteiger partial charge on any atom is 0.329 e. The number of imide groups is 1. The summed E-state index contributed by atoms with van der Waals surface area (Å²) in [6.07, 6.45) is 1.42. The van der Waals surface area contributed by atoms with Crippen molar-refractivity contribution in [1.82, 2.24) is 10.2 Å². The Kier molecular flexibility index (Phi) is 5.82. The number of carbonyl (C=O) groups is 3. The van der Waals surface area contributed by atoms with Crippen molar-refractivity contribution in [2.24, 2.45) is 0 Å². The number of nitrogens with zero attached hydrogens (tertiary/aromatic N) is 1. The highest BCUT2D eigenvalue weighted by molar-refractivity contribution is 14.1. The average molecular weight is 595 g/mol. The van der Waals surface area contributed by atoms with Crippen LogP contribution in [-0.2, 0) is 9.59 Å². The number of carbonyl (C=O) groups excluding carboxylic acids is 3. The molecule has 0 aliphatic carbocycles. The first-order chi connectivity index (χ1) is 12.3. The topological polar surface area (TPSA) is 91.7 Å². The summed E-state index contributed by atoms with van der Waals surface area (Å²) >= 11 is 8.60. The zero-order chi connectivity index (χ0) is 18.8. The summed E-state index contributed by atoms with van der Waals surface area (Å²) < 4.78 is 7.66. The molecule has 4 amide bonds. The summed E-state index contributed by atoms with van der Waals surface area (Å²) in [5.41, 5.74) is 0.611. The van der Waals surface area contributed by atoms with Gasteiger partial charge in [-0.25, -0.2) is 9.69 Å². The fourth-order valence-electron chi connectivity index (χ4n) is 2.17. The third kappa shape index (κ3) is 4.35. The number of hydrogen-bond acceptors (Lipinski definition) is 4. The maximum absolute atomic E-state index is 12.4. The van der Waals surface area contributed by atoms with E-state index in [9.17, 15) is 14.4 Å². The number of nitrogens with one attached hydrogen (secondary N) is 2. The number of anilines is 1. The number of hydrogen-bond donors (Lipinski definition) is 2. The van der Waals surface area contributed by atoms with Gasteiger partial charge in [-0.3, -0.25) is 9.59 Å². The lowest BCUT2D eigenvalue weighted by atomic mass is 10.3. The van der Waals surface area contributed by atoms with Gasteiger partial charge in [-0.05, 0) is 46.3 Å². The first-order valence-corrected chi connectivity index (χ1v) is 9.85. The van der Waals surface area contributed by atoms with Gasteiger partial charge in [0.25, 0.3) is 5.91 Å². The highest BCUT2D eigenvalue weighted by Crippen LogP contribution is 2.25. The van der Waals surface area contributed by atoms with E-state index in [2.05, 4.69) is 42.5 Å². The second kappa shape index (κ2) is 7.92. The van der Waals surface area contributed by atoms with Crippen LogP contribution in [0.4, 0.5) is 10.5 Å². The molecule has 1 aromatic heterocycles. The van der Waals surface area contributed by atoms with E-state index in [4.69, 9.17) is 4.42 Å². The van der Waals surface area contributed by atoms with Gasteiger partial charge in [0.05, 0.1) is 4.47 Å². The monoisotopic (exact) mass is 593 g/mol. The van der Waals surface area contributed by atoms with Crippen LogP contribution in [0, 0.1) is 3.77 Å². The minimum Gasteiger partial charge on any atom is -0.450 e. The van der Waals surface area contributed by atoms with Gasteiger partial charge in [-0.1, -0.05) is 15.9 Å². The summed E-state index contributed by atoms with van der Waals surface area (Å²) in [7, 11) is 0. The Hall–Kier alpha value is -1.66. The van der Waals surface area contributed by atoms with Crippen molar-refractivity contribution in [2.75, 3.05) is 11.9 Å². The first-order valence-electron chi connectivity index (χ1n) is 7.18. The quantitative estimate of drug-likeness (QED) is 0.319. The first kappa shape index (κ1) is 19.1. The number of amides is 4. The molecular weight excluding hydrogens is 585 g/mol. The molecule has 3 rings (SSSR count). The zero-order valence-electron chi connectivity index (χ0n) is 12.9. The molecule has 10 heteroatoms. The van der Waals surface area contributed by atoms with Crippen molar-refractivity contribution < 1.29 is 18.8 Å². The van der Waals surface area contributed by atoms with E-state index in [1.165, 1.54) is 6.08 Å². The van der Waals surface area contributed by atoms with Crippen molar-refractivity contribution in [3.63, 3.8) is 0 Å². The molecule has 0 saturated carbocycles. The van der Waals surface area contributed by atoms with E-state index in [1.54, 1.807) is 30.3 Å². The van der Waals surface area contributed by atoms with Crippen molar-refractivity contribution in [2.45, 2.75) is 0 Å². The SMILES string of the molecule is O=C(CN1C(=O)N/C(=C\c2cc(Br)c(I)o2)C1=O)Nc1ccc(Br)cc1. The predicted molar refractivity (Wildman–Crippen MR) is 110 cm³/mol. The van der Waals surface area contributed by atoms with Crippen LogP contribution in [0.2, 0.25) is 0 Å². The van der Waals surface area contributed by atoms with Crippen molar-refractivity contribution in [3.05, 3.63) is 54.5 Å². The van der Waals surface area contributed by atoms with E-state index < -0.39 is 24.4 Å². The summed E-state index contributed by atoms with van der Waals surface area (Å²) in [5, 5.41) is 5.08. The Balaban J connectivity index is 1.68. The Morgan fingerprint density at radius 3 is 2.58 bits per heavy atom. The summed E-state index contributed by atoms with van der Waals surface area (Å²) in [4.78, 5) is 37.3. The molecule has 1 fully saturated rings. The highest BCUT2D eigenvalue weighted by atomic mass is 127. The lowest BCUT2D eigenvalue weighted by molar-refractivity contribution is -0.127. The Morgan fingerprint density at radius 1 is 1.27 bits per heavy atom. The molecule has 0 atom stereocenters. The van der Waals surface area contributed by atoms with Gasteiger partial charge >= 0.3 is 6.03 Å². The molecule has 0 unspecified atom stereocenters. The van der Waals surface area contributed by atoms with Gasteiger partial charge in [0, 0.05) is 38.8 Å². The largest absolute Gasteiger partial charge is 0.450 e. The fraction of sp³-hybridized carbons (Fsp3) is 0.0625. The number of urea groups is 1. The van der Waals surface area contributed by atoms with Crippen LogP contribution < -0.4 is 10.6 Å². The summed E-state index contributed by atoms with van der Waals surface area (Å²) in [6.45, 7) is -0.391. The second-order valence-electron chi connectivity index (χ2n) is 5.20. The molecule has 26 heavy (non-hydrogen) atoms.